The minimum Gasteiger partial charge on any atom is -0.481 e. The summed E-state index contributed by atoms with van der Waals surface area (Å²) >= 11 is 1.52. The van der Waals surface area contributed by atoms with E-state index in [9.17, 15) is 9.59 Å². The van der Waals surface area contributed by atoms with Gasteiger partial charge in [0.25, 0.3) is 5.91 Å². The Hall–Kier alpha value is -2.15. The van der Waals surface area contributed by atoms with E-state index in [4.69, 9.17) is 5.11 Å². The van der Waals surface area contributed by atoms with E-state index in [1.807, 2.05) is 24.4 Å². The van der Waals surface area contributed by atoms with Gasteiger partial charge in [-0.15, -0.1) is 11.3 Å². The van der Waals surface area contributed by atoms with Crippen LogP contribution in [0.1, 0.15) is 23.7 Å². The molecule has 0 spiro atoms. The van der Waals surface area contributed by atoms with Gasteiger partial charge in [0.1, 0.15) is 5.69 Å². The van der Waals surface area contributed by atoms with Crippen LogP contribution in [0.4, 0.5) is 0 Å². The van der Waals surface area contributed by atoms with Crippen molar-refractivity contribution in [1.29, 1.82) is 0 Å². The summed E-state index contributed by atoms with van der Waals surface area (Å²) < 4.78 is 1.60. The molecule has 0 atom stereocenters. The first-order chi connectivity index (χ1) is 10.0. The number of hydrogen-bond donors (Lipinski definition) is 1. The number of aryl methyl sites for hydroxylation is 1. The molecule has 0 unspecified atom stereocenters. The average Bonchev–Trinajstić information content (AvgIpc) is 3.07. The second-order valence-electron chi connectivity index (χ2n) is 4.57. The van der Waals surface area contributed by atoms with Crippen molar-refractivity contribution < 1.29 is 14.7 Å². The van der Waals surface area contributed by atoms with E-state index >= 15 is 0 Å². The van der Waals surface area contributed by atoms with Crippen LogP contribution in [0.5, 0.6) is 0 Å². The lowest BCUT2D eigenvalue weighted by molar-refractivity contribution is -0.137. The molecule has 0 aromatic carbocycles. The largest absolute Gasteiger partial charge is 0.481 e. The maximum Gasteiger partial charge on any atom is 0.305 e. The van der Waals surface area contributed by atoms with E-state index in [-0.39, 0.29) is 18.9 Å². The molecule has 0 aliphatic carbocycles. The lowest BCUT2D eigenvalue weighted by atomic mass is 10.2. The summed E-state index contributed by atoms with van der Waals surface area (Å²) in [6, 6.07) is 3.82. The Morgan fingerprint density at radius 2 is 2.24 bits per heavy atom. The standard InChI is InChI=1S/C14H17N3O3S/c1-3-17(7-6-12(18)19)14(20)10-9-16(2)15-13(10)11-5-4-8-21-11/h4-5,8-9H,3,6-7H2,1-2H3,(H,18,19). The Morgan fingerprint density at radius 1 is 1.48 bits per heavy atom. The van der Waals surface area contributed by atoms with E-state index in [1.54, 1.807) is 17.9 Å². The number of hydrogen-bond acceptors (Lipinski definition) is 4. The molecular weight excluding hydrogens is 290 g/mol. The fourth-order valence-electron chi connectivity index (χ4n) is 2.04. The predicted molar refractivity (Wildman–Crippen MR) is 80.4 cm³/mol. The third-order valence-corrected chi connectivity index (χ3v) is 3.95. The Morgan fingerprint density at radius 3 is 2.81 bits per heavy atom. The zero-order valence-corrected chi connectivity index (χ0v) is 12.8. The second-order valence-corrected chi connectivity index (χ2v) is 5.52. The number of carbonyl (C=O) groups is 2. The molecule has 0 saturated carbocycles. The van der Waals surface area contributed by atoms with Crippen LogP contribution in [-0.4, -0.2) is 44.8 Å². The third-order valence-electron chi connectivity index (χ3n) is 3.08. The topological polar surface area (TPSA) is 75.4 Å². The number of aliphatic carboxylic acids is 1. The van der Waals surface area contributed by atoms with Gasteiger partial charge in [0, 0.05) is 26.3 Å². The number of nitrogens with zero attached hydrogens (tertiary/aromatic N) is 3. The van der Waals surface area contributed by atoms with Crippen molar-refractivity contribution in [2.24, 2.45) is 7.05 Å². The van der Waals surface area contributed by atoms with Crippen molar-refractivity contribution >= 4 is 23.2 Å². The number of carbonyl (C=O) groups excluding carboxylic acids is 1. The second kappa shape index (κ2) is 6.53. The van der Waals surface area contributed by atoms with Gasteiger partial charge >= 0.3 is 5.97 Å². The number of aromatic nitrogens is 2. The molecule has 6 nitrogen and oxygen atoms in total. The van der Waals surface area contributed by atoms with Crippen LogP contribution in [0.15, 0.2) is 23.7 Å². The highest BCUT2D eigenvalue weighted by molar-refractivity contribution is 7.13. The highest BCUT2D eigenvalue weighted by Crippen LogP contribution is 2.27. The molecule has 2 aromatic heterocycles. The zero-order valence-electron chi connectivity index (χ0n) is 11.9. The van der Waals surface area contributed by atoms with E-state index < -0.39 is 5.97 Å². The monoisotopic (exact) mass is 307 g/mol. The van der Waals surface area contributed by atoms with Crippen LogP contribution in [0.2, 0.25) is 0 Å². The van der Waals surface area contributed by atoms with Crippen molar-refractivity contribution in [2.75, 3.05) is 13.1 Å². The molecule has 1 amide bonds. The molecule has 112 valence electrons. The normalized spacial score (nSPS) is 10.6. The summed E-state index contributed by atoms with van der Waals surface area (Å²) in [7, 11) is 1.77. The SMILES string of the molecule is CCN(CCC(=O)O)C(=O)c1cn(C)nc1-c1cccs1. The van der Waals surface area contributed by atoms with Gasteiger partial charge in [0.05, 0.1) is 16.9 Å². The fraction of sp³-hybridized carbons (Fsp3) is 0.357. The third kappa shape index (κ3) is 3.49. The Bertz CT molecular complexity index is 634. The average molecular weight is 307 g/mol. The van der Waals surface area contributed by atoms with Gasteiger partial charge in [-0.2, -0.15) is 5.10 Å². The molecular formula is C14H17N3O3S. The molecule has 0 fully saturated rings. The molecule has 2 aromatic rings. The minimum absolute atomic E-state index is 0.0613. The van der Waals surface area contributed by atoms with Gasteiger partial charge in [-0.25, -0.2) is 0 Å². The number of rotatable bonds is 6. The first-order valence-corrected chi connectivity index (χ1v) is 7.49. The number of amides is 1. The van der Waals surface area contributed by atoms with Crippen LogP contribution in [0.3, 0.4) is 0 Å². The minimum atomic E-state index is -0.911. The highest BCUT2D eigenvalue weighted by Gasteiger charge is 2.22. The molecule has 0 aliphatic rings. The summed E-state index contributed by atoms with van der Waals surface area (Å²) in [6.45, 7) is 2.50. The summed E-state index contributed by atoms with van der Waals surface area (Å²) in [5.74, 6) is -1.10. The van der Waals surface area contributed by atoms with Gasteiger partial charge < -0.3 is 10.0 Å². The number of carboxylic acid groups (broad SMARTS) is 1. The van der Waals surface area contributed by atoms with Gasteiger partial charge in [-0.3, -0.25) is 14.3 Å². The van der Waals surface area contributed by atoms with E-state index in [0.29, 0.717) is 17.8 Å². The van der Waals surface area contributed by atoms with Crippen molar-refractivity contribution in [2.45, 2.75) is 13.3 Å². The molecule has 0 aliphatic heterocycles. The van der Waals surface area contributed by atoms with Gasteiger partial charge in [0.2, 0.25) is 0 Å². The Balaban J connectivity index is 2.28. The molecule has 2 rings (SSSR count). The molecule has 0 bridgehead atoms. The lowest BCUT2D eigenvalue weighted by Crippen LogP contribution is -2.32. The van der Waals surface area contributed by atoms with Gasteiger partial charge in [0.15, 0.2) is 0 Å². The zero-order chi connectivity index (χ0) is 15.4. The van der Waals surface area contributed by atoms with E-state index in [1.165, 1.54) is 16.2 Å². The quantitative estimate of drug-likeness (QED) is 0.886. The molecule has 7 heteroatoms. The van der Waals surface area contributed by atoms with Crippen molar-refractivity contribution in [3.8, 4) is 10.6 Å². The van der Waals surface area contributed by atoms with Crippen molar-refractivity contribution in [1.82, 2.24) is 14.7 Å². The smallest absolute Gasteiger partial charge is 0.305 e. The van der Waals surface area contributed by atoms with Crippen LogP contribution in [0.25, 0.3) is 10.6 Å². The first kappa shape index (κ1) is 15.2. The molecule has 1 N–H and O–H groups in total. The molecule has 2 heterocycles. The number of carboxylic acids is 1. The summed E-state index contributed by atoms with van der Waals surface area (Å²) in [4.78, 5) is 25.7. The molecule has 0 saturated heterocycles. The van der Waals surface area contributed by atoms with Crippen molar-refractivity contribution in [3.63, 3.8) is 0 Å². The summed E-state index contributed by atoms with van der Waals surface area (Å²) in [5.41, 5.74) is 1.15. The van der Waals surface area contributed by atoms with Gasteiger partial charge in [-0.1, -0.05) is 6.07 Å². The fourth-order valence-corrected chi connectivity index (χ4v) is 2.77. The number of thiophene rings is 1. The highest BCUT2D eigenvalue weighted by atomic mass is 32.1. The van der Waals surface area contributed by atoms with E-state index in [0.717, 1.165) is 4.88 Å². The summed E-state index contributed by atoms with van der Waals surface area (Å²) in [5, 5.41) is 15.0. The summed E-state index contributed by atoms with van der Waals surface area (Å²) in [6.07, 6.45) is 1.62. The van der Waals surface area contributed by atoms with Crippen molar-refractivity contribution in [3.05, 3.63) is 29.3 Å². The van der Waals surface area contributed by atoms with Crippen LogP contribution in [0, 0.1) is 0 Å². The molecule has 21 heavy (non-hydrogen) atoms. The van der Waals surface area contributed by atoms with Gasteiger partial charge in [-0.05, 0) is 18.4 Å². The molecule has 0 radical (unpaired) electrons. The first-order valence-electron chi connectivity index (χ1n) is 6.61. The Labute approximate surface area is 126 Å². The lowest BCUT2D eigenvalue weighted by Gasteiger charge is -2.19. The maximum absolute atomic E-state index is 12.6. The maximum atomic E-state index is 12.6. The van der Waals surface area contributed by atoms with Crippen LogP contribution >= 0.6 is 11.3 Å². The van der Waals surface area contributed by atoms with E-state index in [2.05, 4.69) is 5.10 Å². The van der Waals surface area contributed by atoms with Crippen LogP contribution < -0.4 is 0 Å². The predicted octanol–water partition coefficient (Wildman–Crippen LogP) is 2.09. The van der Waals surface area contributed by atoms with Crippen LogP contribution in [-0.2, 0) is 11.8 Å². The Kier molecular flexibility index (Phi) is 4.74.